The number of carbonyl (C=O) groups excluding carboxylic acids is 1. The minimum atomic E-state index is -0.434. The van der Waals surface area contributed by atoms with Crippen LogP contribution in [-0.4, -0.2) is 11.8 Å². The summed E-state index contributed by atoms with van der Waals surface area (Å²) in [6.07, 6.45) is 0. The number of hydrogen-bond donors (Lipinski definition) is 1. The molecule has 0 radical (unpaired) electrons. The quantitative estimate of drug-likeness (QED) is 0.781. The first-order valence-corrected chi connectivity index (χ1v) is 4.95. The third-order valence-corrected chi connectivity index (χ3v) is 2.40. The van der Waals surface area contributed by atoms with E-state index in [9.17, 15) is 4.79 Å². The molecule has 0 amide bonds. The van der Waals surface area contributed by atoms with Crippen LogP contribution in [-0.2, 0) is 0 Å². The van der Waals surface area contributed by atoms with E-state index in [4.69, 9.17) is 17.3 Å². The largest absolute Gasteiger partial charge is 0.321 e. The second kappa shape index (κ2) is 4.58. The number of hydrogen-bond acceptors (Lipinski definition) is 2. The van der Waals surface area contributed by atoms with Crippen LogP contribution in [0.4, 0.5) is 0 Å². The first kappa shape index (κ1) is 11.2. The molecule has 2 N–H and O–H groups in total. The zero-order valence-corrected chi connectivity index (χ0v) is 9.08. The van der Waals surface area contributed by atoms with E-state index >= 15 is 0 Å². The van der Waals surface area contributed by atoms with Gasteiger partial charge in [0.25, 0.3) is 0 Å². The fourth-order valence-corrected chi connectivity index (χ4v) is 1.24. The van der Waals surface area contributed by atoms with E-state index in [1.54, 1.807) is 24.3 Å². The second-order valence-corrected chi connectivity index (χ2v) is 4.08. The van der Waals surface area contributed by atoms with Gasteiger partial charge in [-0.2, -0.15) is 0 Å². The average Bonchev–Trinajstić information content (AvgIpc) is 2.16. The average molecular weight is 212 g/mol. The van der Waals surface area contributed by atoms with Gasteiger partial charge >= 0.3 is 0 Å². The summed E-state index contributed by atoms with van der Waals surface area (Å²) in [6.45, 7) is 3.86. The van der Waals surface area contributed by atoms with Crippen LogP contribution < -0.4 is 5.73 Å². The molecule has 0 aliphatic rings. The predicted molar refractivity (Wildman–Crippen MR) is 58.6 cm³/mol. The third-order valence-electron chi connectivity index (χ3n) is 2.15. The minimum Gasteiger partial charge on any atom is -0.321 e. The number of halogens is 1. The Morgan fingerprint density at radius 1 is 1.29 bits per heavy atom. The normalized spacial score (nSPS) is 12.9. The molecule has 0 fully saturated rings. The molecule has 0 saturated heterocycles. The molecule has 0 bridgehead atoms. The maximum absolute atomic E-state index is 11.7. The number of Topliss-reactive ketones (excluding diaryl/α,β-unsaturated/α-hetero) is 1. The molecule has 0 saturated carbocycles. The Morgan fingerprint density at radius 3 is 2.21 bits per heavy atom. The molecular formula is C11H14ClNO. The van der Waals surface area contributed by atoms with E-state index in [0.717, 1.165) is 0 Å². The number of rotatable bonds is 3. The van der Waals surface area contributed by atoms with Gasteiger partial charge in [0.15, 0.2) is 5.78 Å². The van der Waals surface area contributed by atoms with Gasteiger partial charge in [0, 0.05) is 10.6 Å². The highest BCUT2D eigenvalue weighted by Gasteiger charge is 2.18. The van der Waals surface area contributed by atoms with Crippen LogP contribution in [0.5, 0.6) is 0 Å². The lowest BCUT2D eigenvalue weighted by molar-refractivity contribution is 0.0940. The predicted octanol–water partition coefficient (Wildman–Crippen LogP) is 2.51. The highest BCUT2D eigenvalue weighted by Crippen LogP contribution is 2.12. The highest BCUT2D eigenvalue weighted by atomic mass is 35.5. The van der Waals surface area contributed by atoms with Gasteiger partial charge < -0.3 is 5.73 Å². The fraction of sp³-hybridized carbons (Fsp3) is 0.364. The standard InChI is InChI=1S/C11H14ClNO/c1-7(2)10(13)11(14)8-3-5-9(12)6-4-8/h3-7,10H,13H2,1-2H3. The second-order valence-electron chi connectivity index (χ2n) is 3.64. The molecule has 0 aliphatic heterocycles. The third kappa shape index (κ3) is 2.56. The molecule has 0 spiro atoms. The van der Waals surface area contributed by atoms with Crippen LogP contribution in [0.3, 0.4) is 0 Å². The van der Waals surface area contributed by atoms with Crippen LogP contribution in [0.2, 0.25) is 5.02 Å². The van der Waals surface area contributed by atoms with E-state index in [0.29, 0.717) is 10.6 Å². The van der Waals surface area contributed by atoms with Crippen molar-refractivity contribution >= 4 is 17.4 Å². The summed E-state index contributed by atoms with van der Waals surface area (Å²) in [4.78, 5) is 11.7. The van der Waals surface area contributed by atoms with Crippen molar-refractivity contribution in [1.29, 1.82) is 0 Å². The molecule has 0 aromatic heterocycles. The molecule has 0 aliphatic carbocycles. The molecular weight excluding hydrogens is 198 g/mol. The Kier molecular flexibility index (Phi) is 3.67. The first-order chi connectivity index (χ1) is 6.52. The topological polar surface area (TPSA) is 43.1 Å². The van der Waals surface area contributed by atoms with Crippen molar-refractivity contribution in [2.45, 2.75) is 19.9 Å². The molecule has 3 heteroatoms. The van der Waals surface area contributed by atoms with Crippen molar-refractivity contribution in [2.24, 2.45) is 11.7 Å². The summed E-state index contributed by atoms with van der Waals surface area (Å²) in [7, 11) is 0. The first-order valence-electron chi connectivity index (χ1n) is 4.57. The summed E-state index contributed by atoms with van der Waals surface area (Å²) in [6, 6.07) is 6.36. The van der Waals surface area contributed by atoms with Crippen molar-refractivity contribution in [3.05, 3.63) is 34.9 Å². The number of nitrogens with two attached hydrogens (primary N) is 1. The Morgan fingerprint density at radius 2 is 1.79 bits per heavy atom. The summed E-state index contributed by atoms with van der Waals surface area (Å²) < 4.78 is 0. The zero-order valence-electron chi connectivity index (χ0n) is 8.33. The monoisotopic (exact) mass is 211 g/mol. The molecule has 0 heterocycles. The van der Waals surface area contributed by atoms with E-state index in [1.165, 1.54) is 0 Å². The molecule has 1 unspecified atom stereocenters. The van der Waals surface area contributed by atoms with E-state index in [2.05, 4.69) is 0 Å². The molecule has 76 valence electrons. The smallest absolute Gasteiger partial charge is 0.179 e. The molecule has 14 heavy (non-hydrogen) atoms. The highest BCUT2D eigenvalue weighted by molar-refractivity contribution is 6.30. The zero-order chi connectivity index (χ0) is 10.7. The summed E-state index contributed by atoms with van der Waals surface area (Å²) in [5.74, 6) is 0.120. The van der Waals surface area contributed by atoms with Crippen LogP contribution in [0.15, 0.2) is 24.3 Å². The van der Waals surface area contributed by atoms with Gasteiger partial charge in [0.05, 0.1) is 6.04 Å². The van der Waals surface area contributed by atoms with Gasteiger partial charge in [-0.1, -0.05) is 25.4 Å². The Bertz CT molecular complexity index is 319. The lowest BCUT2D eigenvalue weighted by Crippen LogP contribution is -2.35. The van der Waals surface area contributed by atoms with Crippen molar-refractivity contribution in [2.75, 3.05) is 0 Å². The molecule has 1 aromatic carbocycles. The lowest BCUT2D eigenvalue weighted by atomic mass is 9.96. The molecule has 1 rings (SSSR count). The lowest BCUT2D eigenvalue weighted by Gasteiger charge is -2.13. The Labute approximate surface area is 89.1 Å². The van der Waals surface area contributed by atoms with Gasteiger partial charge in [-0.3, -0.25) is 4.79 Å². The minimum absolute atomic E-state index is 0.0309. The van der Waals surface area contributed by atoms with Crippen molar-refractivity contribution in [3.8, 4) is 0 Å². The van der Waals surface area contributed by atoms with Gasteiger partial charge in [0.2, 0.25) is 0 Å². The van der Waals surface area contributed by atoms with Crippen LogP contribution >= 0.6 is 11.6 Å². The number of benzene rings is 1. The van der Waals surface area contributed by atoms with E-state index < -0.39 is 6.04 Å². The maximum Gasteiger partial charge on any atom is 0.179 e. The SMILES string of the molecule is CC(C)C(N)C(=O)c1ccc(Cl)cc1. The van der Waals surface area contributed by atoms with E-state index in [1.807, 2.05) is 13.8 Å². The van der Waals surface area contributed by atoms with Crippen LogP contribution in [0.25, 0.3) is 0 Å². The summed E-state index contributed by atoms with van der Waals surface area (Å²) in [5.41, 5.74) is 6.37. The van der Waals surface area contributed by atoms with Crippen molar-refractivity contribution < 1.29 is 4.79 Å². The van der Waals surface area contributed by atoms with Crippen molar-refractivity contribution in [1.82, 2.24) is 0 Å². The molecule has 1 atom stereocenters. The summed E-state index contributed by atoms with van der Waals surface area (Å²) in [5, 5.41) is 0.625. The van der Waals surface area contributed by atoms with Crippen LogP contribution in [0, 0.1) is 5.92 Å². The fourth-order valence-electron chi connectivity index (χ4n) is 1.11. The molecule has 1 aromatic rings. The number of carbonyl (C=O) groups is 1. The Balaban J connectivity index is 2.84. The number of ketones is 1. The Hall–Kier alpha value is -0.860. The summed E-state index contributed by atoms with van der Waals surface area (Å²) >= 11 is 5.72. The van der Waals surface area contributed by atoms with E-state index in [-0.39, 0.29) is 11.7 Å². The van der Waals surface area contributed by atoms with Crippen LogP contribution in [0.1, 0.15) is 24.2 Å². The van der Waals surface area contributed by atoms with Crippen molar-refractivity contribution in [3.63, 3.8) is 0 Å². The maximum atomic E-state index is 11.7. The van der Waals surface area contributed by atoms with Gasteiger partial charge in [-0.25, -0.2) is 0 Å². The molecule has 2 nitrogen and oxygen atoms in total. The van der Waals surface area contributed by atoms with Gasteiger partial charge in [0.1, 0.15) is 0 Å². The van der Waals surface area contributed by atoms with Gasteiger partial charge in [-0.05, 0) is 30.2 Å². The van der Waals surface area contributed by atoms with Gasteiger partial charge in [-0.15, -0.1) is 0 Å².